The lowest BCUT2D eigenvalue weighted by atomic mass is 10.2. The van der Waals surface area contributed by atoms with Gasteiger partial charge in [0.1, 0.15) is 0 Å². The number of nitrogens with zero attached hydrogens (tertiary/aromatic N) is 1. The molecule has 0 fully saturated rings. The molecule has 2 aromatic rings. The number of alkyl halides is 3. The average molecular weight is 293 g/mol. The maximum Gasteiger partial charge on any atom is 0.416 e. The van der Waals surface area contributed by atoms with E-state index in [-0.39, 0.29) is 10.7 Å². The van der Waals surface area contributed by atoms with Gasteiger partial charge in [0, 0.05) is 22.6 Å². The van der Waals surface area contributed by atoms with E-state index >= 15 is 0 Å². The van der Waals surface area contributed by atoms with Crippen LogP contribution in [0.1, 0.15) is 11.3 Å². The Labute approximate surface area is 111 Å². The first-order valence-electron chi connectivity index (χ1n) is 4.94. The molecule has 0 radical (unpaired) electrons. The van der Waals surface area contributed by atoms with E-state index in [0.29, 0.717) is 4.77 Å². The fourth-order valence-electron chi connectivity index (χ4n) is 1.58. The van der Waals surface area contributed by atoms with Crippen LogP contribution < -0.4 is 0 Å². The zero-order chi connectivity index (χ0) is 13.5. The molecule has 0 atom stereocenters. The number of halogens is 4. The summed E-state index contributed by atoms with van der Waals surface area (Å²) in [5.41, 5.74) is 0.239. The number of benzene rings is 1. The lowest BCUT2D eigenvalue weighted by molar-refractivity contribution is -0.137. The van der Waals surface area contributed by atoms with Gasteiger partial charge in [0.25, 0.3) is 0 Å². The third-order valence-corrected chi connectivity index (χ3v) is 2.85. The van der Waals surface area contributed by atoms with Gasteiger partial charge >= 0.3 is 6.18 Å². The van der Waals surface area contributed by atoms with Crippen LogP contribution in [0.4, 0.5) is 13.2 Å². The molecule has 96 valence electrons. The van der Waals surface area contributed by atoms with Gasteiger partial charge < -0.3 is 4.98 Å². The van der Waals surface area contributed by atoms with Crippen LogP contribution in [-0.2, 0) is 6.18 Å². The third kappa shape index (κ3) is 2.59. The number of nitrogens with one attached hydrogen (secondary N) is 1. The highest BCUT2D eigenvalue weighted by molar-refractivity contribution is 7.71. The fraction of sp³-hybridized carbons (Fsp3) is 0.182. The van der Waals surface area contributed by atoms with Crippen LogP contribution >= 0.6 is 23.8 Å². The van der Waals surface area contributed by atoms with Gasteiger partial charge in [-0.3, -0.25) is 4.57 Å². The minimum absolute atomic E-state index is 0.0144. The van der Waals surface area contributed by atoms with Gasteiger partial charge in [-0.05, 0) is 37.3 Å². The molecule has 0 aliphatic heterocycles. The van der Waals surface area contributed by atoms with Gasteiger partial charge in [-0.25, -0.2) is 0 Å². The second kappa shape index (κ2) is 4.44. The van der Waals surface area contributed by atoms with Gasteiger partial charge in [-0.2, -0.15) is 13.2 Å². The second-order valence-electron chi connectivity index (χ2n) is 3.81. The second-order valence-corrected chi connectivity index (χ2v) is 4.63. The van der Waals surface area contributed by atoms with E-state index in [9.17, 15) is 13.2 Å². The topological polar surface area (TPSA) is 20.7 Å². The quantitative estimate of drug-likeness (QED) is 0.767. The minimum atomic E-state index is -4.44. The molecule has 7 heteroatoms. The monoisotopic (exact) mass is 292 g/mol. The Bertz CT molecular complexity index is 642. The summed E-state index contributed by atoms with van der Waals surface area (Å²) < 4.78 is 39.8. The van der Waals surface area contributed by atoms with Crippen LogP contribution in [0.5, 0.6) is 0 Å². The SMILES string of the molecule is Cc1cn(-c2cc(Cl)cc(C(F)(F)F)c2)c(=S)[nH]1. The summed E-state index contributed by atoms with van der Waals surface area (Å²) >= 11 is 10.7. The summed E-state index contributed by atoms with van der Waals surface area (Å²) in [7, 11) is 0. The zero-order valence-electron chi connectivity index (χ0n) is 9.18. The summed E-state index contributed by atoms with van der Waals surface area (Å²) in [4.78, 5) is 2.84. The largest absolute Gasteiger partial charge is 0.416 e. The standard InChI is InChI=1S/C11H8ClF3N2S/c1-6-5-17(10(18)16-6)9-3-7(11(13,14)15)2-8(12)4-9/h2-5H,1H3,(H,16,18). The molecule has 0 saturated heterocycles. The molecule has 0 amide bonds. The van der Waals surface area contributed by atoms with Gasteiger partial charge in [0.05, 0.1) is 5.56 Å². The lowest BCUT2D eigenvalue weighted by Gasteiger charge is -2.10. The molecule has 1 aromatic carbocycles. The van der Waals surface area contributed by atoms with Crippen LogP contribution in [0.3, 0.4) is 0 Å². The molecule has 0 aliphatic rings. The summed E-state index contributed by atoms with van der Waals surface area (Å²) in [6.07, 6.45) is -2.82. The van der Waals surface area contributed by atoms with Gasteiger partial charge in [0.15, 0.2) is 4.77 Å². The molecule has 18 heavy (non-hydrogen) atoms. The van der Waals surface area contributed by atoms with E-state index in [2.05, 4.69) is 4.98 Å². The number of hydrogen-bond acceptors (Lipinski definition) is 1. The highest BCUT2D eigenvalue weighted by Crippen LogP contribution is 2.32. The van der Waals surface area contributed by atoms with Crippen molar-refractivity contribution in [3.05, 3.63) is 45.4 Å². The van der Waals surface area contributed by atoms with Crippen molar-refractivity contribution in [2.45, 2.75) is 13.1 Å². The van der Waals surface area contributed by atoms with Crippen molar-refractivity contribution in [1.82, 2.24) is 9.55 Å². The van der Waals surface area contributed by atoms with E-state index in [0.717, 1.165) is 17.8 Å². The van der Waals surface area contributed by atoms with Crippen molar-refractivity contribution in [2.75, 3.05) is 0 Å². The Kier molecular flexibility index (Phi) is 3.25. The summed E-state index contributed by atoms with van der Waals surface area (Å²) in [5.74, 6) is 0. The molecule has 1 aromatic heterocycles. The first kappa shape index (κ1) is 13.2. The van der Waals surface area contributed by atoms with Crippen molar-refractivity contribution in [1.29, 1.82) is 0 Å². The van der Waals surface area contributed by atoms with Crippen LogP contribution in [0.2, 0.25) is 5.02 Å². The number of hydrogen-bond donors (Lipinski definition) is 1. The number of aromatic amines is 1. The van der Waals surface area contributed by atoms with Crippen molar-refractivity contribution in [3.63, 3.8) is 0 Å². The number of aryl methyl sites for hydroxylation is 1. The Balaban J connectivity index is 2.62. The van der Waals surface area contributed by atoms with Crippen molar-refractivity contribution in [2.24, 2.45) is 0 Å². The molecule has 0 spiro atoms. The lowest BCUT2D eigenvalue weighted by Crippen LogP contribution is -2.06. The van der Waals surface area contributed by atoms with Crippen molar-refractivity contribution < 1.29 is 13.2 Å². The molecule has 1 N–H and O–H groups in total. The maximum absolute atomic E-state index is 12.7. The van der Waals surface area contributed by atoms with E-state index in [4.69, 9.17) is 23.8 Å². The highest BCUT2D eigenvalue weighted by atomic mass is 35.5. The first-order chi connectivity index (χ1) is 8.27. The van der Waals surface area contributed by atoms with Gasteiger partial charge in [-0.1, -0.05) is 11.6 Å². The smallest absolute Gasteiger partial charge is 0.335 e. The maximum atomic E-state index is 12.7. The molecule has 0 unspecified atom stereocenters. The van der Waals surface area contributed by atoms with E-state index < -0.39 is 11.7 Å². The van der Waals surface area contributed by atoms with E-state index in [1.165, 1.54) is 10.6 Å². The third-order valence-electron chi connectivity index (χ3n) is 2.33. The van der Waals surface area contributed by atoms with Gasteiger partial charge in [-0.15, -0.1) is 0 Å². The molecule has 1 heterocycles. The summed E-state index contributed by atoms with van der Waals surface area (Å²) in [6, 6.07) is 3.32. The molecule has 0 saturated carbocycles. The van der Waals surface area contributed by atoms with E-state index in [1.54, 1.807) is 13.1 Å². The molecule has 0 aliphatic carbocycles. The van der Waals surface area contributed by atoms with Crippen molar-refractivity contribution in [3.8, 4) is 5.69 Å². The zero-order valence-corrected chi connectivity index (χ0v) is 10.7. The van der Waals surface area contributed by atoms with Crippen LogP contribution in [-0.4, -0.2) is 9.55 Å². The van der Waals surface area contributed by atoms with Crippen LogP contribution in [0.15, 0.2) is 24.4 Å². The summed E-state index contributed by atoms with van der Waals surface area (Å²) in [6.45, 7) is 1.77. The summed E-state index contributed by atoms with van der Waals surface area (Å²) in [5, 5.41) is 0.0144. The predicted octanol–water partition coefficient (Wildman–Crippen LogP) is 4.52. The number of rotatable bonds is 1. The molecular formula is C11H8ClF3N2S. The predicted molar refractivity (Wildman–Crippen MR) is 65.7 cm³/mol. The fourth-order valence-corrected chi connectivity index (χ4v) is 2.13. The number of H-pyrrole nitrogens is 1. The number of imidazole rings is 1. The van der Waals surface area contributed by atoms with Crippen LogP contribution in [0, 0.1) is 11.7 Å². The van der Waals surface area contributed by atoms with Crippen molar-refractivity contribution >= 4 is 23.8 Å². The molecule has 0 bridgehead atoms. The number of aromatic nitrogens is 2. The van der Waals surface area contributed by atoms with Crippen LogP contribution in [0.25, 0.3) is 5.69 Å². The molecular weight excluding hydrogens is 285 g/mol. The average Bonchev–Trinajstić information content (AvgIpc) is 2.55. The van der Waals surface area contributed by atoms with E-state index in [1.807, 2.05) is 0 Å². The normalized spacial score (nSPS) is 11.8. The Morgan fingerprint density at radius 2 is 1.94 bits per heavy atom. The Morgan fingerprint density at radius 3 is 2.44 bits per heavy atom. The Morgan fingerprint density at radius 1 is 1.28 bits per heavy atom. The first-order valence-corrected chi connectivity index (χ1v) is 5.72. The molecule has 2 nitrogen and oxygen atoms in total. The Hall–Kier alpha value is -1.27. The highest BCUT2D eigenvalue weighted by Gasteiger charge is 2.31. The minimum Gasteiger partial charge on any atom is -0.335 e. The molecule has 2 rings (SSSR count). The van der Waals surface area contributed by atoms with Gasteiger partial charge in [0.2, 0.25) is 0 Å².